The summed E-state index contributed by atoms with van der Waals surface area (Å²) >= 11 is 1.95. The average molecular weight is 223 g/mol. The van der Waals surface area contributed by atoms with Crippen molar-refractivity contribution in [3.63, 3.8) is 0 Å². The van der Waals surface area contributed by atoms with Crippen molar-refractivity contribution in [1.82, 2.24) is 4.98 Å². The first-order chi connectivity index (χ1) is 7.15. The van der Waals surface area contributed by atoms with Crippen LogP contribution in [-0.4, -0.2) is 22.5 Å². The summed E-state index contributed by atoms with van der Waals surface area (Å²) in [7, 11) is 0. The molecule has 0 bridgehead atoms. The molecule has 1 fully saturated rings. The lowest BCUT2D eigenvalue weighted by atomic mass is 10.2. The second-order valence-electron chi connectivity index (χ2n) is 4.17. The lowest BCUT2D eigenvalue weighted by molar-refractivity contribution is 0.940. The van der Waals surface area contributed by atoms with E-state index in [4.69, 9.17) is 5.73 Å². The maximum Gasteiger partial charge on any atom is 0.126 e. The minimum absolute atomic E-state index is 0.469. The average Bonchev–Trinajstić information content (AvgIpc) is 3.01. The number of hydrogen-bond acceptors (Lipinski definition) is 4. The van der Waals surface area contributed by atoms with Gasteiger partial charge in [0.15, 0.2) is 0 Å². The Morgan fingerprint density at radius 3 is 2.87 bits per heavy atom. The summed E-state index contributed by atoms with van der Waals surface area (Å²) in [4.78, 5) is 4.26. The van der Waals surface area contributed by atoms with E-state index in [1.165, 1.54) is 12.8 Å². The molecule has 2 rings (SSSR count). The van der Waals surface area contributed by atoms with Gasteiger partial charge in [-0.3, -0.25) is 0 Å². The molecule has 82 valence electrons. The smallest absolute Gasteiger partial charge is 0.126 e. The highest BCUT2D eigenvalue weighted by Crippen LogP contribution is 2.46. The van der Waals surface area contributed by atoms with E-state index >= 15 is 0 Å². The van der Waals surface area contributed by atoms with Crippen molar-refractivity contribution in [3.05, 3.63) is 17.8 Å². The number of rotatable bonds is 4. The van der Waals surface area contributed by atoms with Crippen LogP contribution in [0.25, 0.3) is 0 Å². The van der Waals surface area contributed by atoms with Gasteiger partial charge in [0.2, 0.25) is 0 Å². The Kier molecular flexibility index (Phi) is 2.78. The number of thioether (sulfide) groups is 1. The first-order valence-corrected chi connectivity index (χ1v) is 6.39. The number of hydrogen-bond donors (Lipinski definition) is 2. The molecule has 1 aromatic heterocycles. The monoisotopic (exact) mass is 223 g/mol. The Morgan fingerprint density at radius 2 is 2.33 bits per heavy atom. The molecule has 4 heteroatoms. The summed E-state index contributed by atoms with van der Waals surface area (Å²) in [6.45, 7) is 3.01. The van der Waals surface area contributed by atoms with Gasteiger partial charge in [-0.15, -0.1) is 0 Å². The molecule has 1 heterocycles. The quantitative estimate of drug-likeness (QED) is 0.822. The number of aromatic nitrogens is 1. The largest absolute Gasteiger partial charge is 0.397 e. The van der Waals surface area contributed by atoms with Crippen LogP contribution in [0.5, 0.6) is 0 Å². The summed E-state index contributed by atoms with van der Waals surface area (Å²) in [6.07, 6.45) is 6.52. The second kappa shape index (κ2) is 3.93. The van der Waals surface area contributed by atoms with E-state index < -0.39 is 0 Å². The Labute approximate surface area is 94.8 Å². The highest BCUT2D eigenvalue weighted by molar-refractivity contribution is 8.00. The lowest BCUT2D eigenvalue weighted by Gasteiger charge is -2.14. The van der Waals surface area contributed by atoms with Crippen LogP contribution < -0.4 is 11.1 Å². The van der Waals surface area contributed by atoms with Crippen LogP contribution in [0.3, 0.4) is 0 Å². The van der Waals surface area contributed by atoms with Gasteiger partial charge in [-0.1, -0.05) is 0 Å². The Balaban J connectivity index is 1.96. The van der Waals surface area contributed by atoms with Gasteiger partial charge in [-0.25, -0.2) is 4.98 Å². The number of nitrogens with two attached hydrogens (primary N) is 1. The van der Waals surface area contributed by atoms with Crippen molar-refractivity contribution in [1.29, 1.82) is 0 Å². The molecule has 0 aliphatic heterocycles. The molecule has 15 heavy (non-hydrogen) atoms. The van der Waals surface area contributed by atoms with E-state index in [1.54, 1.807) is 6.20 Å². The fraction of sp³-hybridized carbons (Fsp3) is 0.545. The summed E-state index contributed by atoms with van der Waals surface area (Å²) in [5, 5.41) is 3.38. The van der Waals surface area contributed by atoms with Gasteiger partial charge in [0, 0.05) is 11.3 Å². The van der Waals surface area contributed by atoms with Crippen LogP contribution in [0.1, 0.15) is 18.4 Å². The van der Waals surface area contributed by atoms with Crippen molar-refractivity contribution in [2.45, 2.75) is 24.5 Å². The number of anilines is 2. The van der Waals surface area contributed by atoms with Crippen LogP contribution in [0.2, 0.25) is 0 Å². The van der Waals surface area contributed by atoms with Gasteiger partial charge in [-0.05, 0) is 37.7 Å². The highest BCUT2D eigenvalue weighted by atomic mass is 32.2. The molecule has 0 saturated heterocycles. The van der Waals surface area contributed by atoms with Gasteiger partial charge >= 0.3 is 0 Å². The highest BCUT2D eigenvalue weighted by Gasteiger charge is 2.41. The minimum atomic E-state index is 0.469. The normalized spacial score (nSPS) is 17.5. The first-order valence-electron chi connectivity index (χ1n) is 5.16. The van der Waals surface area contributed by atoms with Gasteiger partial charge in [0.1, 0.15) is 5.82 Å². The third kappa shape index (κ3) is 2.37. The molecule has 1 aliphatic carbocycles. The molecule has 0 spiro atoms. The molecular weight excluding hydrogens is 206 g/mol. The van der Waals surface area contributed by atoms with Gasteiger partial charge in [0.05, 0.1) is 11.9 Å². The standard InChI is InChI=1S/C11H17N3S/c1-8-5-10(13-6-9(8)12)14-7-11(15-2)3-4-11/h5-6H,3-4,7,12H2,1-2H3,(H,13,14). The third-order valence-corrected chi connectivity index (χ3v) is 4.40. The number of aryl methyl sites for hydroxylation is 1. The van der Waals surface area contributed by atoms with E-state index in [2.05, 4.69) is 16.6 Å². The zero-order valence-electron chi connectivity index (χ0n) is 9.21. The van der Waals surface area contributed by atoms with Crippen molar-refractivity contribution < 1.29 is 0 Å². The maximum absolute atomic E-state index is 5.71. The SMILES string of the molecule is CSC1(CNc2cc(C)c(N)cn2)CC1. The molecule has 3 nitrogen and oxygen atoms in total. The van der Waals surface area contributed by atoms with Crippen LogP contribution in [-0.2, 0) is 0 Å². The summed E-state index contributed by atoms with van der Waals surface area (Å²) in [5.74, 6) is 0.932. The topological polar surface area (TPSA) is 50.9 Å². The molecular formula is C11H17N3S. The molecule has 1 saturated carbocycles. The molecule has 3 N–H and O–H groups in total. The number of nitrogens with one attached hydrogen (secondary N) is 1. The Hall–Kier alpha value is -0.900. The predicted molar refractivity (Wildman–Crippen MR) is 67.4 cm³/mol. The first kappa shape index (κ1) is 10.6. The van der Waals surface area contributed by atoms with Crippen molar-refractivity contribution >= 4 is 23.3 Å². The fourth-order valence-electron chi connectivity index (χ4n) is 1.51. The van der Waals surface area contributed by atoms with E-state index in [1.807, 2.05) is 24.8 Å². The zero-order valence-corrected chi connectivity index (χ0v) is 10.0. The summed E-state index contributed by atoms with van der Waals surface area (Å²) in [5.41, 5.74) is 7.56. The van der Waals surface area contributed by atoms with Crippen LogP contribution >= 0.6 is 11.8 Å². The van der Waals surface area contributed by atoms with E-state index in [9.17, 15) is 0 Å². The third-order valence-electron chi connectivity index (χ3n) is 2.98. The van der Waals surface area contributed by atoms with Crippen LogP contribution in [0, 0.1) is 6.92 Å². The van der Waals surface area contributed by atoms with E-state index in [-0.39, 0.29) is 0 Å². The Bertz CT molecular complexity index is 361. The van der Waals surface area contributed by atoms with Crippen molar-refractivity contribution in [2.24, 2.45) is 0 Å². The molecule has 0 unspecified atom stereocenters. The van der Waals surface area contributed by atoms with E-state index in [0.717, 1.165) is 23.6 Å². The van der Waals surface area contributed by atoms with Crippen LogP contribution in [0.15, 0.2) is 12.3 Å². The summed E-state index contributed by atoms with van der Waals surface area (Å²) < 4.78 is 0.469. The molecule has 0 atom stereocenters. The van der Waals surface area contributed by atoms with Gasteiger partial charge in [0.25, 0.3) is 0 Å². The number of nitrogen functional groups attached to an aromatic ring is 1. The molecule has 1 aromatic rings. The van der Waals surface area contributed by atoms with Crippen LogP contribution in [0.4, 0.5) is 11.5 Å². The molecule has 0 aromatic carbocycles. The summed E-state index contributed by atoms with van der Waals surface area (Å²) in [6, 6.07) is 2.01. The van der Waals surface area contributed by atoms with Crippen molar-refractivity contribution in [2.75, 3.05) is 23.9 Å². The molecule has 0 amide bonds. The van der Waals surface area contributed by atoms with E-state index in [0.29, 0.717) is 4.75 Å². The second-order valence-corrected chi connectivity index (χ2v) is 5.44. The molecule has 1 aliphatic rings. The predicted octanol–water partition coefficient (Wildman–Crippen LogP) is 2.28. The van der Waals surface area contributed by atoms with Gasteiger partial charge < -0.3 is 11.1 Å². The number of nitrogens with zero attached hydrogens (tertiary/aromatic N) is 1. The van der Waals surface area contributed by atoms with Gasteiger partial charge in [-0.2, -0.15) is 11.8 Å². The number of pyridine rings is 1. The maximum atomic E-state index is 5.71. The Morgan fingerprint density at radius 1 is 1.60 bits per heavy atom. The minimum Gasteiger partial charge on any atom is -0.397 e. The van der Waals surface area contributed by atoms with Crippen molar-refractivity contribution in [3.8, 4) is 0 Å². The lowest BCUT2D eigenvalue weighted by Crippen LogP contribution is -2.18. The molecule has 0 radical (unpaired) electrons. The fourth-order valence-corrected chi connectivity index (χ4v) is 2.23. The zero-order chi connectivity index (χ0) is 10.9.